The third-order valence-corrected chi connectivity index (χ3v) is 3.67. The number of nitrogens with zero attached hydrogens (tertiary/aromatic N) is 1. The highest BCUT2D eigenvalue weighted by atomic mass is 35.5. The van der Waals surface area contributed by atoms with Gasteiger partial charge >= 0.3 is 0 Å². The summed E-state index contributed by atoms with van der Waals surface area (Å²) in [5.74, 6) is 0.0330. The number of anilines is 1. The molecule has 0 bridgehead atoms. The van der Waals surface area contributed by atoms with Gasteiger partial charge in [-0.05, 0) is 24.3 Å². The lowest BCUT2D eigenvalue weighted by atomic mass is 10.2. The van der Waals surface area contributed by atoms with Crippen molar-refractivity contribution in [3.63, 3.8) is 0 Å². The Kier molecular flexibility index (Phi) is 4.09. The average molecular weight is 347 g/mol. The van der Waals surface area contributed by atoms with Crippen LogP contribution in [0.5, 0.6) is 5.75 Å². The summed E-state index contributed by atoms with van der Waals surface area (Å²) in [6.45, 7) is 0. The zero-order valence-corrected chi connectivity index (χ0v) is 13.2. The van der Waals surface area contributed by atoms with Gasteiger partial charge in [-0.3, -0.25) is 14.9 Å². The topological polar surface area (TPSA) is 94.6 Å². The van der Waals surface area contributed by atoms with Crippen LogP contribution in [0.4, 0.5) is 11.4 Å². The van der Waals surface area contributed by atoms with Crippen molar-refractivity contribution in [1.82, 2.24) is 0 Å². The maximum Gasteiger partial charge on any atom is 0.291 e. The predicted molar refractivity (Wildman–Crippen MR) is 88.8 cm³/mol. The average Bonchev–Trinajstić information content (AvgIpc) is 3.00. The van der Waals surface area contributed by atoms with Crippen molar-refractivity contribution in [1.29, 1.82) is 0 Å². The summed E-state index contributed by atoms with van der Waals surface area (Å²) in [7, 11) is 1.50. The number of benzene rings is 2. The molecule has 1 N–H and O–H groups in total. The monoisotopic (exact) mass is 346 g/mol. The van der Waals surface area contributed by atoms with E-state index in [1.165, 1.54) is 25.3 Å². The van der Waals surface area contributed by atoms with Crippen LogP contribution in [0.2, 0.25) is 5.02 Å². The molecule has 1 aromatic heterocycles. The van der Waals surface area contributed by atoms with Gasteiger partial charge < -0.3 is 14.5 Å². The van der Waals surface area contributed by atoms with Crippen LogP contribution in [-0.2, 0) is 0 Å². The molecule has 0 aliphatic carbocycles. The highest BCUT2D eigenvalue weighted by Gasteiger charge is 2.17. The first-order valence-corrected chi connectivity index (χ1v) is 7.19. The highest BCUT2D eigenvalue weighted by molar-refractivity contribution is 6.32. The summed E-state index contributed by atoms with van der Waals surface area (Å²) in [6, 6.07) is 10.8. The number of nitro benzene ring substituents is 1. The van der Waals surface area contributed by atoms with Gasteiger partial charge in [-0.2, -0.15) is 0 Å². The number of amides is 1. The van der Waals surface area contributed by atoms with Crippen LogP contribution in [0, 0.1) is 10.1 Å². The molecular formula is C16H11ClN2O5. The molecule has 24 heavy (non-hydrogen) atoms. The molecule has 0 atom stereocenters. The van der Waals surface area contributed by atoms with Gasteiger partial charge in [0.15, 0.2) is 17.1 Å². The van der Waals surface area contributed by atoms with Gasteiger partial charge in [-0.1, -0.05) is 23.7 Å². The predicted octanol–water partition coefficient (Wildman–Crippen LogP) is 4.26. The minimum Gasteiger partial charge on any atom is -0.493 e. The van der Waals surface area contributed by atoms with Crippen molar-refractivity contribution in [2.24, 2.45) is 0 Å². The second kappa shape index (κ2) is 6.21. The van der Waals surface area contributed by atoms with Gasteiger partial charge in [0.25, 0.3) is 11.6 Å². The van der Waals surface area contributed by atoms with E-state index >= 15 is 0 Å². The smallest absolute Gasteiger partial charge is 0.291 e. The van der Waals surface area contributed by atoms with Crippen molar-refractivity contribution in [3.8, 4) is 5.75 Å². The number of methoxy groups -OCH3 is 1. The standard InChI is InChI=1S/C16H11ClN2O5/c1-23-13-4-2-3-9-7-14(24-15(9)13)16(20)18-10-5-6-11(17)12(8-10)19(21)22/h2-8H,1H3,(H,18,20). The highest BCUT2D eigenvalue weighted by Crippen LogP contribution is 2.30. The number of halogens is 1. The Morgan fingerprint density at radius 3 is 2.79 bits per heavy atom. The number of hydrogen-bond acceptors (Lipinski definition) is 5. The van der Waals surface area contributed by atoms with Gasteiger partial charge in [0.1, 0.15) is 5.02 Å². The van der Waals surface area contributed by atoms with Crippen molar-refractivity contribution in [2.45, 2.75) is 0 Å². The number of nitrogens with one attached hydrogen (secondary N) is 1. The lowest BCUT2D eigenvalue weighted by Gasteiger charge is -2.03. The molecule has 0 fully saturated rings. The van der Waals surface area contributed by atoms with Crippen molar-refractivity contribution >= 4 is 39.9 Å². The fourth-order valence-electron chi connectivity index (χ4n) is 2.23. The number of para-hydroxylation sites is 1. The van der Waals surface area contributed by atoms with Crippen molar-refractivity contribution in [2.75, 3.05) is 12.4 Å². The first kappa shape index (κ1) is 15.8. The molecule has 0 aliphatic heterocycles. The Balaban J connectivity index is 1.90. The molecule has 1 heterocycles. The Morgan fingerprint density at radius 2 is 2.08 bits per heavy atom. The number of nitro groups is 1. The second-order valence-electron chi connectivity index (χ2n) is 4.87. The fraction of sp³-hybridized carbons (Fsp3) is 0.0625. The van der Waals surface area contributed by atoms with E-state index in [0.29, 0.717) is 16.7 Å². The SMILES string of the molecule is COc1cccc2cc(C(=O)Nc3ccc(Cl)c([N+](=O)[O-])c3)oc12. The molecule has 1 amide bonds. The Labute approximate surface area is 140 Å². The molecule has 3 rings (SSSR count). The lowest BCUT2D eigenvalue weighted by molar-refractivity contribution is -0.384. The number of ether oxygens (including phenoxy) is 1. The van der Waals surface area contributed by atoms with Crippen LogP contribution < -0.4 is 10.1 Å². The largest absolute Gasteiger partial charge is 0.493 e. The minimum atomic E-state index is -0.621. The molecule has 0 saturated heterocycles. The van der Waals surface area contributed by atoms with E-state index in [1.54, 1.807) is 24.3 Å². The number of carbonyl (C=O) groups excluding carboxylic acids is 1. The summed E-state index contributed by atoms with van der Waals surface area (Å²) in [6.07, 6.45) is 0. The van der Waals surface area contributed by atoms with E-state index < -0.39 is 10.8 Å². The third kappa shape index (κ3) is 2.89. The van der Waals surface area contributed by atoms with Gasteiger partial charge in [0, 0.05) is 17.1 Å². The summed E-state index contributed by atoms with van der Waals surface area (Å²) in [5.41, 5.74) is 0.400. The normalized spacial score (nSPS) is 10.6. The number of rotatable bonds is 4. The number of fused-ring (bicyclic) bond motifs is 1. The van der Waals surface area contributed by atoms with Crippen LogP contribution in [0.25, 0.3) is 11.0 Å². The van der Waals surface area contributed by atoms with Gasteiger partial charge in [-0.25, -0.2) is 0 Å². The van der Waals surface area contributed by atoms with E-state index in [-0.39, 0.29) is 22.2 Å². The Hall–Kier alpha value is -3.06. The second-order valence-corrected chi connectivity index (χ2v) is 5.27. The van der Waals surface area contributed by atoms with Crippen molar-refractivity contribution < 1.29 is 18.9 Å². The molecule has 122 valence electrons. The molecule has 0 unspecified atom stereocenters. The summed E-state index contributed by atoms with van der Waals surface area (Å²) in [4.78, 5) is 22.6. The van der Waals surface area contributed by atoms with Crippen molar-refractivity contribution in [3.05, 3.63) is 63.4 Å². The fourth-order valence-corrected chi connectivity index (χ4v) is 2.42. The summed E-state index contributed by atoms with van der Waals surface area (Å²) < 4.78 is 10.7. The van der Waals surface area contributed by atoms with Gasteiger partial charge in [0.2, 0.25) is 0 Å². The first-order valence-electron chi connectivity index (χ1n) is 6.81. The first-order chi connectivity index (χ1) is 11.5. The minimum absolute atomic E-state index is 0.00790. The van der Waals surface area contributed by atoms with E-state index in [0.717, 1.165) is 0 Å². The van der Waals surface area contributed by atoms with Crippen LogP contribution in [0.15, 0.2) is 46.9 Å². The molecular weight excluding hydrogens is 336 g/mol. The molecule has 0 aliphatic rings. The van der Waals surface area contributed by atoms with Gasteiger partial charge in [0.05, 0.1) is 12.0 Å². The maximum absolute atomic E-state index is 12.3. The number of furan rings is 1. The number of carbonyl (C=O) groups is 1. The van der Waals surface area contributed by atoms with E-state index in [9.17, 15) is 14.9 Å². The molecule has 0 radical (unpaired) electrons. The van der Waals surface area contributed by atoms with E-state index in [1.807, 2.05) is 0 Å². The lowest BCUT2D eigenvalue weighted by Crippen LogP contribution is -2.11. The molecule has 0 spiro atoms. The maximum atomic E-state index is 12.3. The molecule has 0 saturated carbocycles. The summed E-state index contributed by atoms with van der Waals surface area (Å²) in [5, 5.41) is 14.1. The Morgan fingerprint density at radius 1 is 1.29 bits per heavy atom. The van der Waals surface area contributed by atoms with E-state index in [4.69, 9.17) is 20.8 Å². The van der Waals surface area contributed by atoms with Gasteiger partial charge in [-0.15, -0.1) is 0 Å². The van der Waals surface area contributed by atoms with Crippen LogP contribution in [0.3, 0.4) is 0 Å². The van der Waals surface area contributed by atoms with E-state index in [2.05, 4.69) is 5.32 Å². The molecule has 2 aromatic carbocycles. The molecule has 8 heteroatoms. The summed E-state index contributed by atoms with van der Waals surface area (Å²) >= 11 is 5.74. The molecule has 7 nitrogen and oxygen atoms in total. The molecule has 3 aromatic rings. The third-order valence-electron chi connectivity index (χ3n) is 3.35. The van der Waals surface area contributed by atoms with Crippen LogP contribution in [-0.4, -0.2) is 17.9 Å². The Bertz CT molecular complexity index is 951. The zero-order chi connectivity index (χ0) is 17.3. The van der Waals surface area contributed by atoms with Crippen LogP contribution >= 0.6 is 11.6 Å². The van der Waals surface area contributed by atoms with Crippen LogP contribution in [0.1, 0.15) is 10.6 Å². The quantitative estimate of drug-likeness (QED) is 0.562. The number of hydrogen-bond donors (Lipinski definition) is 1. The zero-order valence-electron chi connectivity index (χ0n) is 12.4.